The van der Waals surface area contributed by atoms with Crippen molar-refractivity contribution >= 4 is 11.6 Å². The summed E-state index contributed by atoms with van der Waals surface area (Å²) in [6, 6.07) is 6.86. The van der Waals surface area contributed by atoms with Gasteiger partial charge < -0.3 is 9.73 Å². The monoisotopic (exact) mass is 312 g/mol. The molecule has 0 spiro atoms. The van der Waals surface area contributed by atoms with E-state index in [1.807, 2.05) is 13.0 Å². The Labute approximate surface area is 134 Å². The minimum atomic E-state index is -0.542. The molecule has 1 fully saturated rings. The third-order valence-electron chi connectivity index (χ3n) is 4.52. The van der Waals surface area contributed by atoms with Crippen molar-refractivity contribution in [3.8, 4) is 11.3 Å². The van der Waals surface area contributed by atoms with Crippen LogP contribution in [-0.2, 0) is 4.79 Å². The van der Waals surface area contributed by atoms with E-state index >= 15 is 0 Å². The van der Waals surface area contributed by atoms with Gasteiger partial charge in [0.2, 0.25) is 5.91 Å². The molecule has 0 radical (unpaired) electrons. The number of carbonyl (C=O) groups excluding carboxylic acids is 1. The van der Waals surface area contributed by atoms with E-state index in [1.54, 1.807) is 30.6 Å². The van der Waals surface area contributed by atoms with E-state index in [2.05, 4.69) is 10.3 Å². The van der Waals surface area contributed by atoms with Crippen molar-refractivity contribution in [1.29, 1.82) is 0 Å². The largest absolute Gasteiger partial charge is 0.421 e. The first-order valence-electron chi connectivity index (χ1n) is 7.94. The summed E-state index contributed by atoms with van der Waals surface area (Å²) in [6.45, 7) is 1.97. The maximum atomic E-state index is 12.5. The van der Waals surface area contributed by atoms with Crippen molar-refractivity contribution in [2.45, 2.75) is 39.0 Å². The molecule has 5 heteroatoms. The van der Waals surface area contributed by atoms with Crippen molar-refractivity contribution in [2.75, 3.05) is 5.32 Å². The van der Waals surface area contributed by atoms with Crippen molar-refractivity contribution in [3.05, 3.63) is 47.1 Å². The molecule has 1 aliphatic carbocycles. The van der Waals surface area contributed by atoms with Crippen molar-refractivity contribution in [2.24, 2.45) is 5.41 Å². The van der Waals surface area contributed by atoms with Gasteiger partial charge in [-0.05, 0) is 37.1 Å². The van der Waals surface area contributed by atoms with Crippen LogP contribution in [-0.4, -0.2) is 10.9 Å². The zero-order valence-corrected chi connectivity index (χ0v) is 13.2. The maximum absolute atomic E-state index is 12.5. The number of nitrogens with zero attached hydrogens (tertiary/aromatic N) is 1. The summed E-state index contributed by atoms with van der Waals surface area (Å²) in [7, 11) is 0. The molecule has 0 aromatic carbocycles. The molecule has 23 heavy (non-hydrogen) atoms. The van der Waals surface area contributed by atoms with Crippen molar-refractivity contribution in [1.82, 2.24) is 4.98 Å². The van der Waals surface area contributed by atoms with E-state index in [0.717, 1.165) is 31.2 Å². The van der Waals surface area contributed by atoms with Gasteiger partial charge in [-0.2, -0.15) is 0 Å². The average Bonchev–Trinajstić information content (AvgIpc) is 2.58. The Bertz CT molecular complexity index is 746. The summed E-state index contributed by atoms with van der Waals surface area (Å²) in [5, 5.41) is 2.74. The highest BCUT2D eigenvalue weighted by atomic mass is 16.4. The van der Waals surface area contributed by atoms with Crippen LogP contribution in [0.1, 0.15) is 39.0 Å². The molecule has 0 bridgehead atoms. The normalized spacial score (nSPS) is 16.7. The van der Waals surface area contributed by atoms with Gasteiger partial charge in [-0.1, -0.05) is 26.2 Å². The molecule has 5 nitrogen and oxygen atoms in total. The van der Waals surface area contributed by atoms with Gasteiger partial charge in [-0.3, -0.25) is 9.78 Å². The molecule has 1 saturated carbocycles. The smallest absolute Gasteiger partial charge is 0.360 e. The van der Waals surface area contributed by atoms with Gasteiger partial charge >= 0.3 is 5.63 Å². The van der Waals surface area contributed by atoms with Crippen LogP contribution in [0.5, 0.6) is 0 Å². The summed E-state index contributed by atoms with van der Waals surface area (Å²) < 4.78 is 5.31. The van der Waals surface area contributed by atoms with Crippen molar-refractivity contribution < 1.29 is 9.21 Å². The average molecular weight is 312 g/mol. The predicted octanol–water partition coefficient (Wildman–Crippen LogP) is 3.61. The van der Waals surface area contributed by atoms with E-state index in [-0.39, 0.29) is 11.6 Å². The Balaban J connectivity index is 1.79. The maximum Gasteiger partial charge on any atom is 0.360 e. The SMILES string of the molecule is CC1(C(=O)Nc2ccc(-c3cccnc3)oc2=O)CCCCC1. The van der Waals surface area contributed by atoms with Gasteiger partial charge in [-0.15, -0.1) is 0 Å². The second kappa shape index (κ2) is 6.36. The zero-order chi connectivity index (χ0) is 16.3. The summed E-state index contributed by atoms with van der Waals surface area (Å²) >= 11 is 0. The first-order chi connectivity index (χ1) is 11.1. The van der Waals surface area contributed by atoms with Gasteiger partial charge in [-0.25, -0.2) is 4.79 Å². The van der Waals surface area contributed by atoms with Crippen LogP contribution in [0.25, 0.3) is 11.3 Å². The Hall–Kier alpha value is -2.43. The molecule has 120 valence electrons. The molecule has 0 unspecified atom stereocenters. The number of pyridine rings is 1. The molecule has 2 aromatic rings. The highest BCUT2D eigenvalue weighted by molar-refractivity contribution is 5.94. The molecule has 3 rings (SSSR count). The number of nitrogens with one attached hydrogen (secondary N) is 1. The van der Waals surface area contributed by atoms with Gasteiger partial charge in [0.15, 0.2) is 0 Å². The fourth-order valence-corrected chi connectivity index (χ4v) is 3.00. The van der Waals surface area contributed by atoms with Crippen LogP contribution in [0.4, 0.5) is 5.69 Å². The standard InChI is InChI=1S/C18H20N2O3/c1-18(9-3-2-4-10-18)17(22)20-14-7-8-15(23-16(14)21)13-6-5-11-19-12-13/h5-8,11-12H,2-4,9-10H2,1H3,(H,20,22). The van der Waals surface area contributed by atoms with Crippen LogP contribution in [0.3, 0.4) is 0 Å². The minimum Gasteiger partial charge on any atom is -0.421 e. The Kier molecular flexibility index (Phi) is 4.28. The first-order valence-corrected chi connectivity index (χ1v) is 7.94. The number of rotatable bonds is 3. The summed E-state index contributed by atoms with van der Waals surface area (Å²) in [5.74, 6) is 0.337. The van der Waals surface area contributed by atoms with Crippen LogP contribution < -0.4 is 10.9 Å². The summed E-state index contributed by atoms with van der Waals surface area (Å²) in [4.78, 5) is 28.6. The Morgan fingerprint density at radius 3 is 2.65 bits per heavy atom. The number of anilines is 1. The second-order valence-corrected chi connectivity index (χ2v) is 6.32. The lowest BCUT2D eigenvalue weighted by Crippen LogP contribution is -2.36. The number of aromatic nitrogens is 1. The number of amides is 1. The van der Waals surface area contributed by atoms with Gasteiger partial charge in [0.25, 0.3) is 0 Å². The third kappa shape index (κ3) is 3.33. The molecule has 1 aliphatic rings. The second-order valence-electron chi connectivity index (χ2n) is 6.32. The summed E-state index contributed by atoms with van der Waals surface area (Å²) in [6.07, 6.45) is 8.28. The quantitative estimate of drug-likeness (QED) is 0.939. The van der Waals surface area contributed by atoms with Crippen LogP contribution in [0, 0.1) is 5.41 Å². The topological polar surface area (TPSA) is 72.2 Å². The highest BCUT2D eigenvalue weighted by Gasteiger charge is 2.34. The van der Waals surface area contributed by atoms with Gasteiger partial charge in [0, 0.05) is 23.4 Å². The van der Waals surface area contributed by atoms with E-state index in [1.165, 1.54) is 6.42 Å². The molecular formula is C18H20N2O3. The van der Waals surface area contributed by atoms with Crippen molar-refractivity contribution in [3.63, 3.8) is 0 Å². The lowest BCUT2D eigenvalue weighted by Gasteiger charge is -2.31. The Morgan fingerprint density at radius 1 is 1.22 bits per heavy atom. The number of hydrogen-bond donors (Lipinski definition) is 1. The Morgan fingerprint density at radius 2 is 2.00 bits per heavy atom. The van der Waals surface area contributed by atoms with E-state index in [9.17, 15) is 9.59 Å². The van der Waals surface area contributed by atoms with Gasteiger partial charge in [0.05, 0.1) is 0 Å². The molecule has 2 aromatic heterocycles. The molecular weight excluding hydrogens is 292 g/mol. The van der Waals surface area contributed by atoms with E-state index in [4.69, 9.17) is 4.42 Å². The van der Waals surface area contributed by atoms with Crippen LogP contribution >= 0.6 is 0 Å². The fourth-order valence-electron chi connectivity index (χ4n) is 3.00. The summed E-state index contributed by atoms with van der Waals surface area (Å²) in [5.41, 5.74) is -0.0255. The third-order valence-corrected chi connectivity index (χ3v) is 4.52. The molecule has 0 aliphatic heterocycles. The minimum absolute atomic E-state index is 0.0985. The zero-order valence-electron chi connectivity index (χ0n) is 13.2. The predicted molar refractivity (Wildman–Crippen MR) is 88.0 cm³/mol. The highest BCUT2D eigenvalue weighted by Crippen LogP contribution is 2.36. The molecule has 0 atom stereocenters. The molecule has 1 N–H and O–H groups in total. The van der Waals surface area contributed by atoms with E-state index < -0.39 is 11.0 Å². The first kappa shape index (κ1) is 15.5. The lowest BCUT2D eigenvalue weighted by atomic mass is 9.75. The number of hydrogen-bond acceptors (Lipinski definition) is 4. The molecule has 0 saturated heterocycles. The number of carbonyl (C=O) groups is 1. The molecule has 1 amide bonds. The van der Waals surface area contributed by atoms with Crippen LogP contribution in [0.15, 0.2) is 45.9 Å². The van der Waals surface area contributed by atoms with E-state index in [0.29, 0.717) is 5.76 Å². The van der Waals surface area contributed by atoms with Crippen LogP contribution in [0.2, 0.25) is 0 Å². The lowest BCUT2D eigenvalue weighted by molar-refractivity contribution is -0.126. The molecule has 2 heterocycles. The fraction of sp³-hybridized carbons (Fsp3) is 0.389. The van der Waals surface area contributed by atoms with Gasteiger partial charge in [0.1, 0.15) is 11.4 Å².